The van der Waals surface area contributed by atoms with E-state index in [0.29, 0.717) is 4.99 Å². The van der Waals surface area contributed by atoms with Crippen LogP contribution in [0.3, 0.4) is 0 Å². The largest absolute Gasteiger partial charge is 0.393 e. The third kappa shape index (κ3) is 1.97. The Morgan fingerprint density at radius 3 is 2.25 bits per heavy atom. The van der Waals surface area contributed by atoms with E-state index in [4.69, 9.17) is 18.0 Å². The normalized spacial score (nSPS) is 28.7. The zero-order valence-corrected chi connectivity index (χ0v) is 10.5. The maximum atomic E-state index is 11.6. The number of rotatable bonds is 3. The minimum absolute atomic E-state index is 0.0614. The molecule has 3 nitrogen and oxygen atoms in total. The predicted octanol–water partition coefficient (Wildman–Crippen LogP) is 1.10. The minimum atomic E-state index is -3.09. The van der Waals surface area contributed by atoms with Gasteiger partial charge in [-0.3, -0.25) is 0 Å². The van der Waals surface area contributed by atoms with Crippen molar-refractivity contribution in [1.82, 2.24) is 0 Å². The Morgan fingerprint density at radius 1 is 1.31 bits per heavy atom. The highest BCUT2D eigenvalue weighted by Gasteiger charge is 2.58. The summed E-state index contributed by atoms with van der Waals surface area (Å²) in [5.41, 5.74) is 6.58. The fraction of sp³-hybridized carbons (Fsp3) is 0.364. The Kier molecular flexibility index (Phi) is 2.75. The van der Waals surface area contributed by atoms with Crippen LogP contribution in [0, 0.1) is 5.92 Å². The van der Waals surface area contributed by atoms with E-state index in [9.17, 15) is 8.42 Å². The monoisotopic (exact) mass is 255 g/mol. The van der Waals surface area contributed by atoms with Crippen molar-refractivity contribution in [2.45, 2.75) is 11.2 Å². The minimum Gasteiger partial charge on any atom is -0.393 e. The lowest BCUT2D eigenvalue weighted by molar-refractivity contribution is 0.599. The van der Waals surface area contributed by atoms with Crippen LogP contribution in [0.15, 0.2) is 30.3 Å². The van der Waals surface area contributed by atoms with E-state index < -0.39 is 15.1 Å². The van der Waals surface area contributed by atoms with Crippen molar-refractivity contribution < 1.29 is 8.42 Å². The van der Waals surface area contributed by atoms with Crippen LogP contribution in [0.2, 0.25) is 0 Å². The predicted molar refractivity (Wildman–Crippen MR) is 68.1 cm³/mol. The molecule has 1 aromatic rings. The second-order valence-corrected chi connectivity index (χ2v) is 6.83. The quantitative estimate of drug-likeness (QED) is 0.822. The van der Waals surface area contributed by atoms with Gasteiger partial charge in [-0.1, -0.05) is 42.5 Å². The molecule has 5 heteroatoms. The standard InChI is InChI=1S/C11H13NO2S2/c1-16(13,14)10-8(9(10)11(12)15)7-5-3-2-4-6-7/h2-6,8-10H,1H3,(H2,12,15). The average Bonchev–Trinajstić information content (AvgIpc) is 2.93. The van der Waals surface area contributed by atoms with Gasteiger partial charge < -0.3 is 5.73 Å². The van der Waals surface area contributed by atoms with Crippen molar-refractivity contribution in [2.24, 2.45) is 11.7 Å². The number of thiocarbonyl (C=S) groups is 1. The summed E-state index contributed by atoms with van der Waals surface area (Å²) in [7, 11) is -3.09. The van der Waals surface area contributed by atoms with Gasteiger partial charge in [-0.15, -0.1) is 0 Å². The zero-order chi connectivity index (χ0) is 11.9. The second kappa shape index (κ2) is 3.82. The van der Waals surface area contributed by atoms with Crippen molar-refractivity contribution in [3.8, 4) is 0 Å². The summed E-state index contributed by atoms with van der Waals surface area (Å²) in [6.07, 6.45) is 1.24. The summed E-state index contributed by atoms with van der Waals surface area (Å²) in [4.78, 5) is 0.296. The van der Waals surface area contributed by atoms with Crippen LogP contribution < -0.4 is 5.73 Å². The average molecular weight is 255 g/mol. The fourth-order valence-electron chi connectivity index (χ4n) is 2.23. The Bertz CT molecular complexity index is 510. The summed E-state index contributed by atoms with van der Waals surface area (Å²) >= 11 is 4.92. The molecule has 1 aromatic carbocycles. The summed E-state index contributed by atoms with van der Waals surface area (Å²) < 4.78 is 23.2. The van der Waals surface area contributed by atoms with Crippen LogP contribution in [0.5, 0.6) is 0 Å². The van der Waals surface area contributed by atoms with Crippen molar-refractivity contribution in [3.63, 3.8) is 0 Å². The molecule has 1 aliphatic carbocycles. The highest BCUT2D eigenvalue weighted by atomic mass is 32.2. The Balaban J connectivity index is 2.34. The first-order valence-electron chi connectivity index (χ1n) is 4.96. The Morgan fingerprint density at radius 2 is 1.88 bits per heavy atom. The van der Waals surface area contributed by atoms with Crippen LogP contribution >= 0.6 is 12.2 Å². The molecule has 1 fully saturated rings. The van der Waals surface area contributed by atoms with Gasteiger partial charge >= 0.3 is 0 Å². The van der Waals surface area contributed by atoms with Gasteiger partial charge in [0.15, 0.2) is 9.84 Å². The highest BCUT2D eigenvalue weighted by molar-refractivity contribution is 7.91. The number of hydrogen-bond donors (Lipinski definition) is 1. The molecule has 0 aromatic heterocycles. The van der Waals surface area contributed by atoms with Crippen LogP contribution in [0.4, 0.5) is 0 Å². The molecule has 0 amide bonds. The van der Waals surface area contributed by atoms with Gasteiger partial charge in [0.1, 0.15) is 0 Å². The number of sulfone groups is 1. The summed E-state index contributed by atoms with van der Waals surface area (Å²) in [5.74, 6) is -0.263. The SMILES string of the molecule is CS(=O)(=O)C1C(C(N)=S)C1c1ccccc1. The number of nitrogens with two attached hydrogens (primary N) is 1. The molecule has 16 heavy (non-hydrogen) atoms. The first kappa shape index (κ1) is 11.5. The molecule has 2 rings (SSSR count). The second-order valence-electron chi connectivity index (χ2n) is 4.16. The van der Waals surface area contributed by atoms with Gasteiger partial charge in [0.2, 0.25) is 0 Å². The molecular formula is C11H13NO2S2. The van der Waals surface area contributed by atoms with Crippen molar-refractivity contribution in [1.29, 1.82) is 0 Å². The number of benzene rings is 1. The van der Waals surface area contributed by atoms with Gasteiger partial charge in [0, 0.05) is 18.1 Å². The van der Waals surface area contributed by atoms with E-state index in [1.807, 2.05) is 30.3 Å². The molecule has 0 saturated heterocycles. The fourth-order valence-corrected chi connectivity index (χ4v) is 4.22. The van der Waals surface area contributed by atoms with Crippen molar-refractivity contribution in [3.05, 3.63) is 35.9 Å². The van der Waals surface area contributed by atoms with E-state index in [-0.39, 0.29) is 11.8 Å². The lowest BCUT2D eigenvalue weighted by Crippen LogP contribution is -2.16. The molecule has 2 N–H and O–H groups in total. The molecule has 0 radical (unpaired) electrons. The molecule has 3 atom stereocenters. The highest BCUT2D eigenvalue weighted by Crippen LogP contribution is 2.52. The van der Waals surface area contributed by atoms with Crippen LogP contribution in [-0.4, -0.2) is 24.9 Å². The maximum absolute atomic E-state index is 11.6. The van der Waals surface area contributed by atoms with Gasteiger partial charge in [-0.25, -0.2) is 8.42 Å². The first-order chi connectivity index (χ1) is 7.43. The molecule has 0 spiro atoms. The molecular weight excluding hydrogens is 242 g/mol. The maximum Gasteiger partial charge on any atom is 0.151 e. The third-order valence-electron chi connectivity index (χ3n) is 2.96. The lowest BCUT2D eigenvalue weighted by Gasteiger charge is -1.97. The van der Waals surface area contributed by atoms with E-state index in [1.165, 1.54) is 6.26 Å². The first-order valence-corrected chi connectivity index (χ1v) is 7.32. The zero-order valence-electron chi connectivity index (χ0n) is 8.83. The summed E-state index contributed by atoms with van der Waals surface area (Å²) in [6.45, 7) is 0. The van der Waals surface area contributed by atoms with E-state index in [0.717, 1.165) is 5.56 Å². The molecule has 0 bridgehead atoms. The lowest BCUT2D eigenvalue weighted by atomic mass is 10.1. The van der Waals surface area contributed by atoms with Gasteiger partial charge in [0.25, 0.3) is 0 Å². The Hall–Kier alpha value is -0.940. The van der Waals surface area contributed by atoms with E-state index >= 15 is 0 Å². The van der Waals surface area contributed by atoms with Gasteiger partial charge in [0.05, 0.1) is 10.2 Å². The van der Waals surface area contributed by atoms with Gasteiger partial charge in [-0.2, -0.15) is 0 Å². The molecule has 0 heterocycles. The van der Waals surface area contributed by atoms with Crippen molar-refractivity contribution >= 4 is 27.0 Å². The molecule has 0 aliphatic heterocycles. The van der Waals surface area contributed by atoms with Crippen LogP contribution in [-0.2, 0) is 9.84 Å². The van der Waals surface area contributed by atoms with E-state index in [1.54, 1.807) is 0 Å². The number of hydrogen-bond acceptors (Lipinski definition) is 3. The smallest absolute Gasteiger partial charge is 0.151 e. The van der Waals surface area contributed by atoms with Crippen molar-refractivity contribution in [2.75, 3.05) is 6.26 Å². The third-order valence-corrected chi connectivity index (χ3v) is 4.81. The van der Waals surface area contributed by atoms with Gasteiger partial charge in [-0.05, 0) is 5.56 Å². The van der Waals surface area contributed by atoms with Crippen LogP contribution in [0.25, 0.3) is 0 Å². The molecule has 1 saturated carbocycles. The molecule has 1 aliphatic rings. The molecule has 3 unspecified atom stereocenters. The summed E-state index contributed by atoms with van der Waals surface area (Å²) in [6, 6.07) is 9.52. The van der Waals surface area contributed by atoms with Crippen LogP contribution in [0.1, 0.15) is 11.5 Å². The summed E-state index contributed by atoms with van der Waals surface area (Å²) in [5, 5.41) is -0.438. The topological polar surface area (TPSA) is 60.2 Å². The molecule has 86 valence electrons. The van der Waals surface area contributed by atoms with E-state index in [2.05, 4.69) is 0 Å². The Labute approximate surface area is 101 Å².